The number of carbonyl (C=O) groups is 1. The molecule has 4 heterocycles. The molecule has 10 heteroatoms. The Morgan fingerprint density at radius 2 is 1.94 bits per heavy atom. The van der Waals surface area contributed by atoms with Crippen LogP contribution < -0.4 is 5.32 Å². The number of piperidine rings is 1. The fraction of sp³-hybridized carbons (Fsp3) is 0.615. The van der Waals surface area contributed by atoms with Crippen LogP contribution in [-0.4, -0.2) is 82.7 Å². The normalized spacial score (nSPS) is 27.2. The van der Waals surface area contributed by atoms with Gasteiger partial charge >= 0.3 is 6.18 Å². The standard InChI is InChI=1S/C26H34F3N5O2/c1-18(26(27,28)29)32-10-6-19(7-11-32)24(35)34-17-20-4-3-9-30-23(20)31-21-5-8-25(2,16-22(21)34)33-12-14-36-15-13-33/h3-5,8-9,18-19H,6-7,10-17H2,1-2H3,(H,30,31). The summed E-state index contributed by atoms with van der Waals surface area (Å²) in [5, 5.41) is 3.44. The number of anilines is 1. The highest BCUT2D eigenvalue weighted by atomic mass is 19.4. The summed E-state index contributed by atoms with van der Waals surface area (Å²) in [7, 11) is 0. The average Bonchev–Trinajstić information content (AvgIpc) is 3.04. The Morgan fingerprint density at radius 1 is 1.22 bits per heavy atom. The van der Waals surface area contributed by atoms with Gasteiger partial charge in [-0.15, -0.1) is 0 Å². The summed E-state index contributed by atoms with van der Waals surface area (Å²) in [4.78, 5) is 24.2. The SMILES string of the molecule is CC(N1CCC(C(=O)N2Cc3cccnc3NC3=C2CC(C)(N2CCOCC2)C=C3)CC1)C(F)(F)F. The van der Waals surface area contributed by atoms with Crippen LogP contribution in [-0.2, 0) is 16.1 Å². The molecule has 196 valence electrons. The molecule has 1 N–H and O–H groups in total. The van der Waals surface area contributed by atoms with Gasteiger partial charge in [0.2, 0.25) is 5.91 Å². The molecular formula is C26H34F3N5O2. The van der Waals surface area contributed by atoms with Gasteiger partial charge in [0.05, 0.1) is 25.5 Å². The number of pyridine rings is 1. The number of halogens is 3. The molecule has 0 aromatic carbocycles. The van der Waals surface area contributed by atoms with Crippen LogP contribution in [0.25, 0.3) is 0 Å². The van der Waals surface area contributed by atoms with E-state index < -0.39 is 12.2 Å². The summed E-state index contributed by atoms with van der Waals surface area (Å²) in [5.74, 6) is 0.405. The molecule has 1 aromatic rings. The lowest BCUT2D eigenvalue weighted by Crippen LogP contribution is -2.53. The van der Waals surface area contributed by atoms with Crippen LogP contribution in [0, 0.1) is 5.92 Å². The molecule has 5 rings (SSSR count). The number of allylic oxidation sites excluding steroid dienone is 1. The number of fused-ring (bicyclic) bond motifs is 1. The minimum absolute atomic E-state index is 0.0139. The van der Waals surface area contributed by atoms with Gasteiger partial charge in [-0.1, -0.05) is 12.1 Å². The van der Waals surface area contributed by atoms with Crippen LogP contribution in [0.15, 0.2) is 41.9 Å². The quantitative estimate of drug-likeness (QED) is 0.675. The molecule has 0 spiro atoms. The van der Waals surface area contributed by atoms with E-state index in [0.717, 1.165) is 35.9 Å². The first-order valence-electron chi connectivity index (χ1n) is 12.7. The molecular weight excluding hydrogens is 471 g/mol. The van der Waals surface area contributed by atoms with E-state index in [4.69, 9.17) is 4.74 Å². The number of alkyl halides is 3. The Morgan fingerprint density at radius 3 is 2.64 bits per heavy atom. The number of morpholine rings is 1. The zero-order valence-electron chi connectivity index (χ0n) is 20.9. The van der Waals surface area contributed by atoms with Crippen molar-refractivity contribution in [1.82, 2.24) is 19.7 Å². The van der Waals surface area contributed by atoms with Crippen molar-refractivity contribution < 1.29 is 22.7 Å². The lowest BCUT2D eigenvalue weighted by molar-refractivity contribution is -0.182. The summed E-state index contributed by atoms with van der Waals surface area (Å²) < 4.78 is 45.2. The van der Waals surface area contributed by atoms with Crippen molar-refractivity contribution in [2.24, 2.45) is 5.92 Å². The minimum atomic E-state index is -4.26. The van der Waals surface area contributed by atoms with Gasteiger partial charge in [0, 0.05) is 48.4 Å². The molecule has 1 amide bonds. The van der Waals surface area contributed by atoms with Gasteiger partial charge in [-0.3, -0.25) is 14.6 Å². The second-order valence-electron chi connectivity index (χ2n) is 10.4. The van der Waals surface area contributed by atoms with Gasteiger partial charge < -0.3 is 15.0 Å². The third-order valence-corrected chi connectivity index (χ3v) is 8.14. The molecule has 1 aliphatic carbocycles. The maximum atomic E-state index is 14.0. The highest BCUT2D eigenvalue weighted by Crippen LogP contribution is 2.39. The van der Waals surface area contributed by atoms with Gasteiger partial charge in [-0.25, -0.2) is 4.98 Å². The lowest BCUT2D eigenvalue weighted by atomic mass is 9.86. The lowest BCUT2D eigenvalue weighted by Gasteiger charge is -2.45. The predicted molar refractivity (Wildman–Crippen MR) is 130 cm³/mol. The molecule has 4 aliphatic rings. The maximum Gasteiger partial charge on any atom is 0.403 e. The molecule has 2 atom stereocenters. The molecule has 0 bridgehead atoms. The van der Waals surface area contributed by atoms with E-state index in [9.17, 15) is 18.0 Å². The molecule has 2 unspecified atom stereocenters. The molecule has 0 radical (unpaired) electrons. The van der Waals surface area contributed by atoms with Gasteiger partial charge in [-0.05, 0) is 51.9 Å². The number of likely N-dealkylation sites (tertiary alicyclic amines) is 1. The zero-order chi connectivity index (χ0) is 25.5. The number of nitrogens with one attached hydrogen (secondary N) is 1. The van der Waals surface area contributed by atoms with E-state index in [0.29, 0.717) is 39.0 Å². The molecule has 7 nitrogen and oxygen atoms in total. The number of ether oxygens (including phenoxy) is 1. The first-order valence-corrected chi connectivity index (χ1v) is 12.7. The van der Waals surface area contributed by atoms with E-state index in [-0.39, 0.29) is 30.5 Å². The topological polar surface area (TPSA) is 60.9 Å². The van der Waals surface area contributed by atoms with Crippen LogP contribution in [0.2, 0.25) is 0 Å². The number of amides is 1. The second kappa shape index (κ2) is 9.79. The van der Waals surface area contributed by atoms with Crippen LogP contribution in [0.5, 0.6) is 0 Å². The van der Waals surface area contributed by atoms with Crippen molar-refractivity contribution in [3.63, 3.8) is 0 Å². The Kier molecular flexibility index (Phi) is 6.86. The number of hydrogen-bond acceptors (Lipinski definition) is 6. The molecule has 3 aliphatic heterocycles. The van der Waals surface area contributed by atoms with Gasteiger partial charge in [-0.2, -0.15) is 13.2 Å². The smallest absolute Gasteiger partial charge is 0.379 e. The minimum Gasteiger partial charge on any atom is -0.379 e. The van der Waals surface area contributed by atoms with Crippen molar-refractivity contribution >= 4 is 11.7 Å². The van der Waals surface area contributed by atoms with Crippen molar-refractivity contribution in [2.75, 3.05) is 44.7 Å². The van der Waals surface area contributed by atoms with Crippen molar-refractivity contribution in [1.29, 1.82) is 0 Å². The van der Waals surface area contributed by atoms with E-state index in [1.54, 1.807) is 6.20 Å². The van der Waals surface area contributed by atoms with E-state index in [2.05, 4.69) is 28.2 Å². The summed E-state index contributed by atoms with van der Waals surface area (Å²) in [6.45, 7) is 7.31. The predicted octanol–water partition coefficient (Wildman–Crippen LogP) is 3.76. The molecule has 36 heavy (non-hydrogen) atoms. The highest BCUT2D eigenvalue weighted by molar-refractivity contribution is 5.82. The zero-order valence-corrected chi connectivity index (χ0v) is 20.9. The Bertz CT molecular complexity index is 1040. The summed E-state index contributed by atoms with van der Waals surface area (Å²) in [6.07, 6.45) is 3.19. The maximum absolute atomic E-state index is 14.0. The third-order valence-electron chi connectivity index (χ3n) is 8.14. The monoisotopic (exact) mass is 505 g/mol. The number of rotatable bonds is 3. The fourth-order valence-corrected chi connectivity index (χ4v) is 5.74. The van der Waals surface area contributed by atoms with Crippen LogP contribution in [0.1, 0.15) is 38.7 Å². The summed E-state index contributed by atoms with van der Waals surface area (Å²) in [5.41, 5.74) is 2.43. The van der Waals surface area contributed by atoms with Gasteiger partial charge in [0.15, 0.2) is 0 Å². The van der Waals surface area contributed by atoms with E-state index >= 15 is 0 Å². The van der Waals surface area contributed by atoms with Gasteiger partial charge in [0.1, 0.15) is 11.9 Å². The van der Waals surface area contributed by atoms with Crippen molar-refractivity contribution in [2.45, 2.75) is 57.4 Å². The van der Waals surface area contributed by atoms with Crippen LogP contribution >= 0.6 is 0 Å². The highest BCUT2D eigenvalue weighted by Gasteiger charge is 2.43. The number of aromatic nitrogens is 1. The van der Waals surface area contributed by atoms with Crippen LogP contribution in [0.3, 0.4) is 0 Å². The second-order valence-corrected chi connectivity index (χ2v) is 10.4. The Labute approximate surface area is 210 Å². The first kappa shape index (κ1) is 25.2. The van der Waals surface area contributed by atoms with Crippen LogP contribution in [0.4, 0.5) is 19.0 Å². The first-order chi connectivity index (χ1) is 17.2. The molecule has 1 aromatic heterocycles. The van der Waals surface area contributed by atoms with Crippen molar-refractivity contribution in [3.05, 3.63) is 47.4 Å². The molecule has 2 saturated heterocycles. The van der Waals surface area contributed by atoms with Gasteiger partial charge in [0.25, 0.3) is 0 Å². The number of nitrogens with zero attached hydrogens (tertiary/aromatic N) is 4. The summed E-state index contributed by atoms with van der Waals surface area (Å²) in [6, 6.07) is 2.32. The van der Waals surface area contributed by atoms with E-state index in [1.165, 1.54) is 11.8 Å². The molecule has 0 saturated carbocycles. The Hall–Kier alpha value is -2.43. The fourth-order valence-electron chi connectivity index (χ4n) is 5.74. The van der Waals surface area contributed by atoms with E-state index in [1.807, 2.05) is 23.1 Å². The number of hydrogen-bond donors (Lipinski definition) is 1. The number of carbonyl (C=O) groups excluding carboxylic acids is 1. The van der Waals surface area contributed by atoms with Crippen molar-refractivity contribution in [3.8, 4) is 0 Å². The largest absolute Gasteiger partial charge is 0.403 e. The molecule has 2 fully saturated rings. The average molecular weight is 506 g/mol. The third kappa shape index (κ3) is 4.90. The Balaban J connectivity index is 1.40. The summed E-state index contributed by atoms with van der Waals surface area (Å²) >= 11 is 0.